The van der Waals surface area contributed by atoms with Gasteiger partial charge < -0.3 is 10.1 Å². The molecule has 3 N–H and O–H groups in total. The Labute approximate surface area is 110 Å². The first-order chi connectivity index (χ1) is 8.18. The summed E-state index contributed by atoms with van der Waals surface area (Å²) in [4.78, 5) is 13.1. The number of hydrogen-bond acceptors (Lipinski definition) is 4. The summed E-state index contributed by atoms with van der Waals surface area (Å²) >= 11 is 5.56. The Morgan fingerprint density at radius 3 is 2.61 bits per heavy atom. The van der Waals surface area contributed by atoms with Crippen LogP contribution in [-0.4, -0.2) is 31.7 Å². The van der Waals surface area contributed by atoms with Gasteiger partial charge in [-0.1, -0.05) is 25.4 Å². The number of aromatic amines is 1. The lowest BCUT2D eigenvalue weighted by Gasteiger charge is -2.21. The lowest BCUT2D eigenvalue weighted by atomic mass is 9.96. The maximum atomic E-state index is 11.9. The zero-order valence-electron chi connectivity index (χ0n) is 10.0. The average molecular weight is 295 g/mol. The molecule has 8 heteroatoms. The molecule has 1 aromatic rings. The number of halogens is 1. The van der Waals surface area contributed by atoms with E-state index in [9.17, 15) is 13.2 Å². The molecule has 0 radical (unpaired) electrons. The van der Waals surface area contributed by atoms with Crippen LogP contribution >= 0.6 is 11.6 Å². The van der Waals surface area contributed by atoms with Crippen LogP contribution in [-0.2, 0) is 10.0 Å². The van der Waals surface area contributed by atoms with Gasteiger partial charge in [0, 0.05) is 24.8 Å². The van der Waals surface area contributed by atoms with Crippen LogP contribution in [0, 0.1) is 5.41 Å². The minimum absolute atomic E-state index is 0.0720. The van der Waals surface area contributed by atoms with E-state index in [0.717, 1.165) is 12.3 Å². The molecule has 0 unspecified atom stereocenters. The largest absolute Gasteiger partial charge is 0.396 e. The predicted octanol–water partition coefficient (Wildman–Crippen LogP) is 0.325. The average Bonchev–Trinajstić information content (AvgIpc) is 2.30. The van der Waals surface area contributed by atoms with E-state index in [0.29, 0.717) is 0 Å². The van der Waals surface area contributed by atoms with Gasteiger partial charge in [-0.2, -0.15) is 0 Å². The van der Waals surface area contributed by atoms with E-state index in [1.54, 1.807) is 13.8 Å². The summed E-state index contributed by atoms with van der Waals surface area (Å²) in [6.07, 6.45) is 1.07. The zero-order chi connectivity index (χ0) is 14.0. The maximum Gasteiger partial charge on any atom is 0.266 e. The summed E-state index contributed by atoms with van der Waals surface area (Å²) in [6.45, 7) is 3.36. The second kappa shape index (κ2) is 5.40. The van der Waals surface area contributed by atoms with Crippen LogP contribution in [0.1, 0.15) is 13.8 Å². The van der Waals surface area contributed by atoms with Gasteiger partial charge in [-0.15, -0.1) is 0 Å². The smallest absolute Gasteiger partial charge is 0.266 e. The van der Waals surface area contributed by atoms with Crippen molar-refractivity contribution < 1.29 is 13.5 Å². The van der Waals surface area contributed by atoms with Crippen LogP contribution in [0.15, 0.2) is 22.0 Å². The molecule has 0 aromatic carbocycles. The third kappa shape index (κ3) is 3.81. The molecule has 0 amide bonds. The number of nitrogens with one attached hydrogen (secondary N) is 2. The highest BCUT2D eigenvalue weighted by molar-refractivity contribution is 7.89. The first-order valence-corrected chi connectivity index (χ1v) is 7.03. The van der Waals surface area contributed by atoms with Crippen molar-refractivity contribution in [2.75, 3.05) is 13.2 Å². The molecule has 1 heterocycles. The predicted molar refractivity (Wildman–Crippen MR) is 68.1 cm³/mol. The van der Waals surface area contributed by atoms with Gasteiger partial charge in [-0.3, -0.25) is 4.79 Å². The van der Waals surface area contributed by atoms with Crippen molar-refractivity contribution in [3.8, 4) is 0 Å². The van der Waals surface area contributed by atoms with Crippen LogP contribution in [0.5, 0.6) is 0 Å². The molecule has 0 fully saturated rings. The van der Waals surface area contributed by atoms with E-state index < -0.39 is 21.0 Å². The third-order valence-corrected chi connectivity index (χ3v) is 3.97. The second-order valence-corrected chi connectivity index (χ2v) is 6.83. The molecule has 18 heavy (non-hydrogen) atoms. The first-order valence-electron chi connectivity index (χ1n) is 5.17. The number of hydrogen-bond donors (Lipinski definition) is 3. The number of sulfonamides is 1. The minimum Gasteiger partial charge on any atom is -0.396 e. The first kappa shape index (κ1) is 15.2. The van der Waals surface area contributed by atoms with Crippen LogP contribution in [0.2, 0.25) is 5.02 Å². The van der Waals surface area contributed by atoms with E-state index in [4.69, 9.17) is 16.7 Å². The Morgan fingerprint density at radius 1 is 1.50 bits per heavy atom. The highest BCUT2D eigenvalue weighted by Crippen LogP contribution is 2.15. The SMILES string of the molecule is CC(C)(CO)CNS(=O)(=O)c1c[nH]c(=O)c(Cl)c1. The molecular formula is C10H15ClN2O4S. The lowest BCUT2D eigenvalue weighted by molar-refractivity contribution is 0.163. The molecule has 0 atom stereocenters. The fraction of sp³-hybridized carbons (Fsp3) is 0.500. The summed E-state index contributed by atoms with van der Waals surface area (Å²) < 4.78 is 26.1. The lowest BCUT2D eigenvalue weighted by Crippen LogP contribution is -2.36. The van der Waals surface area contributed by atoms with Crippen molar-refractivity contribution in [3.05, 3.63) is 27.6 Å². The summed E-state index contributed by atoms with van der Waals surface area (Å²) in [5.74, 6) is 0. The maximum absolute atomic E-state index is 11.9. The van der Waals surface area contributed by atoms with Crippen molar-refractivity contribution in [1.82, 2.24) is 9.71 Å². The van der Waals surface area contributed by atoms with Crippen LogP contribution in [0.3, 0.4) is 0 Å². The molecule has 6 nitrogen and oxygen atoms in total. The molecule has 0 aliphatic carbocycles. The monoisotopic (exact) mass is 294 g/mol. The van der Waals surface area contributed by atoms with Gasteiger partial charge in [0.2, 0.25) is 10.0 Å². The third-order valence-electron chi connectivity index (χ3n) is 2.31. The molecule has 1 rings (SSSR count). The van der Waals surface area contributed by atoms with Crippen molar-refractivity contribution >= 4 is 21.6 Å². The van der Waals surface area contributed by atoms with Gasteiger partial charge >= 0.3 is 0 Å². The van der Waals surface area contributed by atoms with Crippen molar-refractivity contribution in [2.24, 2.45) is 5.41 Å². The normalized spacial score (nSPS) is 12.7. The van der Waals surface area contributed by atoms with E-state index in [2.05, 4.69) is 9.71 Å². The van der Waals surface area contributed by atoms with Gasteiger partial charge in [0.05, 0.1) is 4.90 Å². The Morgan fingerprint density at radius 2 is 2.11 bits per heavy atom. The summed E-state index contributed by atoms with van der Waals surface area (Å²) in [5, 5.41) is 8.84. The summed E-state index contributed by atoms with van der Waals surface area (Å²) in [5.41, 5.74) is -1.12. The molecule has 102 valence electrons. The Balaban J connectivity index is 2.94. The van der Waals surface area contributed by atoms with Gasteiger partial charge in [-0.05, 0) is 6.07 Å². The van der Waals surface area contributed by atoms with Gasteiger partial charge in [0.25, 0.3) is 5.56 Å². The molecule has 0 bridgehead atoms. The van der Waals surface area contributed by atoms with Crippen LogP contribution < -0.4 is 10.3 Å². The number of aliphatic hydroxyl groups excluding tert-OH is 1. The van der Waals surface area contributed by atoms with E-state index in [1.165, 1.54) is 0 Å². The van der Waals surface area contributed by atoms with E-state index in [1.807, 2.05) is 0 Å². The number of aromatic nitrogens is 1. The molecule has 0 aliphatic heterocycles. The Bertz CT molecular complexity index is 580. The number of aliphatic hydroxyl groups is 1. The molecule has 1 aromatic heterocycles. The standard InChI is InChI=1S/C10H15ClN2O4S/c1-10(2,6-14)5-13-18(16,17)7-3-8(11)9(15)12-4-7/h3-4,13-14H,5-6H2,1-2H3,(H,12,15). The van der Waals surface area contributed by atoms with Gasteiger partial charge in [0.15, 0.2) is 0 Å². The molecule has 0 saturated carbocycles. The Hall–Kier alpha value is -0.890. The van der Waals surface area contributed by atoms with Gasteiger partial charge in [-0.25, -0.2) is 13.1 Å². The topological polar surface area (TPSA) is 99.3 Å². The number of H-pyrrole nitrogens is 1. The number of rotatable bonds is 5. The van der Waals surface area contributed by atoms with Crippen LogP contribution in [0.25, 0.3) is 0 Å². The molecule has 0 aliphatic rings. The molecule has 0 saturated heterocycles. The minimum atomic E-state index is -3.76. The molecule has 0 spiro atoms. The van der Waals surface area contributed by atoms with Crippen molar-refractivity contribution in [1.29, 1.82) is 0 Å². The fourth-order valence-corrected chi connectivity index (χ4v) is 2.49. The Kier molecular flexibility index (Phi) is 4.55. The number of pyridine rings is 1. The highest BCUT2D eigenvalue weighted by atomic mass is 35.5. The van der Waals surface area contributed by atoms with Crippen molar-refractivity contribution in [3.63, 3.8) is 0 Å². The summed E-state index contributed by atoms with van der Waals surface area (Å²) in [7, 11) is -3.76. The fourth-order valence-electron chi connectivity index (χ4n) is 1.02. The summed E-state index contributed by atoms with van der Waals surface area (Å²) in [6, 6.07) is 1.08. The quantitative estimate of drug-likeness (QED) is 0.728. The van der Waals surface area contributed by atoms with E-state index >= 15 is 0 Å². The highest BCUT2D eigenvalue weighted by Gasteiger charge is 2.22. The van der Waals surface area contributed by atoms with E-state index in [-0.39, 0.29) is 23.1 Å². The second-order valence-electron chi connectivity index (χ2n) is 4.66. The van der Waals surface area contributed by atoms with Crippen LogP contribution in [0.4, 0.5) is 0 Å². The van der Waals surface area contributed by atoms with Gasteiger partial charge in [0.1, 0.15) is 5.02 Å². The zero-order valence-corrected chi connectivity index (χ0v) is 11.6. The molecular weight excluding hydrogens is 280 g/mol. The van der Waals surface area contributed by atoms with Crippen molar-refractivity contribution in [2.45, 2.75) is 18.7 Å².